The highest BCUT2D eigenvalue weighted by atomic mass is 16.4. The third kappa shape index (κ3) is 1.98. The van der Waals surface area contributed by atoms with Gasteiger partial charge in [-0.15, -0.1) is 0 Å². The van der Waals surface area contributed by atoms with E-state index < -0.39 is 35.2 Å². The van der Waals surface area contributed by atoms with Crippen LogP contribution in [0, 0.1) is 34.0 Å². The Balaban J connectivity index is 1.77. The number of fused-ring (bicyclic) bond motifs is 3. The highest BCUT2D eigenvalue weighted by molar-refractivity contribution is 5.21. The summed E-state index contributed by atoms with van der Waals surface area (Å²) < 4.78 is 0. The number of aliphatic hydroxyl groups excluding tert-OH is 5. The summed E-state index contributed by atoms with van der Waals surface area (Å²) in [6, 6.07) is 0. The molecule has 4 rings (SSSR count). The molecule has 6 N–H and O–H groups in total. The van der Waals surface area contributed by atoms with Crippen molar-refractivity contribution in [2.24, 2.45) is 34.0 Å². The van der Waals surface area contributed by atoms with E-state index in [1.54, 1.807) is 0 Å². The lowest BCUT2D eigenvalue weighted by atomic mass is 9.40. The highest BCUT2D eigenvalue weighted by Gasteiger charge is 2.72. The molecule has 4 fully saturated rings. The Kier molecular flexibility index (Phi) is 4.32. The molecule has 0 saturated heterocycles. The predicted molar refractivity (Wildman–Crippen MR) is 94.0 cm³/mol. The standard InChI is InChI=1S/C20H34O6/c1-17-6-5-15(24)19(9-21,10-22)14(17)4-7-18-8-12(2-3-13(17)18)20(26,11-23)16(18)25/h12-16,21-26H,2-11H2,1H3/t12-,13-,14-,15-,16-,17+,18-,20+/m1/s1. The summed E-state index contributed by atoms with van der Waals surface area (Å²) in [5.74, 6) is 0.0648. The van der Waals surface area contributed by atoms with Gasteiger partial charge in [0, 0.05) is 10.8 Å². The molecule has 6 heteroatoms. The monoisotopic (exact) mass is 370 g/mol. The Labute approximate surface area is 154 Å². The lowest BCUT2D eigenvalue weighted by Crippen LogP contribution is -2.65. The second kappa shape index (κ2) is 5.88. The van der Waals surface area contributed by atoms with Crippen LogP contribution in [0.15, 0.2) is 0 Å². The van der Waals surface area contributed by atoms with E-state index in [1.165, 1.54) is 0 Å². The normalized spacial score (nSPS) is 55.3. The molecular weight excluding hydrogens is 336 g/mol. The van der Waals surface area contributed by atoms with Crippen molar-refractivity contribution < 1.29 is 30.6 Å². The summed E-state index contributed by atoms with van der Waals surface area (Å²) >= 11 is 0. The Morgan fingerprint density at radius 3 is 2.15 bits per heavy atom. The SMILES string of the molecule is C[C@@]12CC[C@@H](O)C(CO)(CO)[C@@H]1CC[C@@]13C[C@@H](CC[C@H]21)[C@@](O)(CO)[C@@H]3O. The van der Waals surface area contributed by atoms with Gasteiger partial charge < -0.3 is 30.6 Å². The fourth-order valence-electron chi connectivity index (χ4n) is 8.15. The summed E-state index contributed by atoms with van der Waals surface area (Å²) in [5, 5.41) is 62.8. The first-order valence-corrected chi connectivity index (χ1v) is 10.2. The van der Waals surface area contributed by atoms with E-state index in [9.17, 15) is 30.6 Å². The lowest BCUT2D eigenvalue weighted by molar-refractivity contribution is -0.231. The molecule has 4 aliphatic carbocycles. The first-order chi connectivity index (χ1) is 12.2. The minimum atomic E-state index is -1.42. The highest BCUT2D eigenvalue weighted by Crippen LogP contribution is 2.72. The number of rotatable bonds is 3. The van der Waals surface area contributed by atoms with Crippen LogP contribution in [0.1, 0.15) is 51.9 Å². The van der Waals surface area contributed by atoms with Crippen LogP contribution in [0.2, 0.25) is 0 Å². The van der Waals surface area contributed by atoms with Gasteiger partial charge in [0.1, 0.15) is 5.60 Å². The fraction of sp³-hybridized carbons (Fsp3) is 1.00. The van der Waals surface area contributed by atoms with Crippen LogP contribution in [0.25, 0.3) is 0 Å². The zero-order valence-electron chi connectivity index (χ0n) is 15.6. The molecule has 150 valence electrons. The predicted octanol–water partition coefficient (Wildman–Crippen LogP) is 0.0290. The van der Waals surface area contributed by atoms with Crippen molar-refractivity contribution in [3.05, 3.63) is 0 Å². The molecule has 2 bridgehead atoms. The molecule has 8 atom stereocenters. The number of hydrogen-bond acceptors (Lipinski definition) is 6. The van der Waals surface area contributed by atoms with E-state index >= 15 is 0 Å². The first-order valence-electron chi connectivity index (χ1n) is 10.2. The topological polar surface area (TPSA) is 121 Å². The van der Waals surface area contributed by atoms with Gasteiger partial charge in [0.2, 0.25) is 0 Å². The van der Waals surface area contributed by atoms with Crippen LogP contribution in [0.5, 0.6) is 0 Å². The van der Waals surface area contributed by atoms with Crippen molar-refractivity contribution in [1.29, 1.82) is 0 Å². The molecule has 1 spiro atoms. The molecule has 0 aliphatic heterocycles. The van der Waals surface area contributed by atoms with Crippen LogP contribution in [-0.4, -0.2) is 68.3 Å². The molecule has 0 amide bonds. The molecule has 4 aliphatic rings. The van der Waals surface area contributed by atoms with Crippen LogP contribution in [-0.2, 0) is 0 Å². The zero-order valence-corrected chi connectivity index (χ0v) is 15.6. The number of hydrogen-bond donors (Lipinski definition) is 6. The summed E-state index contributed by atoms with van der Waals surface area (Å²) in [6.45, 7) is 1.30. The van der Waals surface area contributed by atoms with Crippen molar-refractivity contribution in [2.45, 2.75) is 69.7 Å². The molecule has 26 heavy (non-hydrogen) atoms. The maximum absolute atomic E-state index is 11.1. The van der Waals surface area contributed by atoms with Crippen LogP contribution >= 0.6 is 0 Å². The van der Waals surface area contributed by atoms with E-state index in [0.717, 1.165) is 25.7 Å². The van der Waals surface area contributed by atoms with E-state index in [1.807, 2.05) is 0 Å². The van der Waals surface area contributed by atoms with Gasteiger partial charge in [-0.3, -0.25) is 0 Å². The summed E-state index contributed by atoms with van der Waals surface area (Å²) in [7, 11) is 0. The average Bonchev–Trinajstić information content (AvgIpc) is 2.81. The van der Waals surface area contributed by atoms with Gasteiger partial charge in [0.15, 0.2) is 0 Å². The molecule has 4 saturated carbocycles. The average molecular weight is 370 g/mol. The third-order valence-electron chi connectivity index (χ3n) is 9.50. The van der Waals surface area contributed by atoms with Gasteiger partial charge in [-0.2, -0.15) is 0 Å². The lowest BCUT2D eigenvalue weighted by Gasteiger charge is -2.65. The maximum Gasteiger partial charge on any atom is 0.117 e. The molecule has 0 aromatic heterocycles. The summed E-state index contributed by atoms with van der Waals surface area (Å²) in [6.07, 6.45) is 3.45. The Morgan fingerprint density at radius 2 is 1.54 bits per heavy atom. The van der Waals surface area contributed by atoms with Gasteiger partial charge in [-0.1, -0.05) is 6.92 Å². The quantitative estimate of drug-likeness (QED) is 0.417. The van der Waals surface area contributed by atoms with Gasteiger partial charge in [0.05, 0.1) is 32.0 Å². The molecule has 0 aromatic carbocycles. The van der Waals surface area contributed by atoms with Crippen molar-refractivity contribution in [3.63, 3.8) is 0 Å². The van der Waals surface area contributed by atoms with Crippen LogP contribution in [0.4, 0.5) is 0 Å². The third-order valence-corrected chi connectivity index (χ3v) is 9.50. The van der Waals surface area contributed by atoms with E-state index in [2.05, 4.69) is 6.92 Å². The van der Waals surface area contributed by atoms with Crippen LogP contribution < -0.4 is 0 Å². The number of aliphatic hydroxyl groups is 6. The van der Waals surface area contributed by atoms with Crippen molar-refractivity contribution in [3.8, 4) is 0 Å². The molecule has 0 unspecified atom stereocenters. The van der Waals surface area contributed by atoms with Crippen molar-refractivity contribution in [2.75, 3.05) is 19.8 Å². The molecule has 0 heterocycles. The van der Waals surface area contributed by atoms with Crippen molar-refractivity contribution >= 4 is 0 Å². The smallest absolute Gasteiger partial charge is 0.117 e. The summed E-state index contributed by atoms with van der Waals surface area (Å²) in [4.78, 5) is 0. The van der Waals surface area contributed by atoms with Crippen LogP contribution in [0.3, 0.4) is 0 Å². The van der Waals surface area contributed by atoms with Gasteiger partial charge in [-0.25, -0.2) is 0 Å². The second-order valence-corrected chi connectivity index (χ2v) is 10.0. The molecule has 0 radical (unpaired) electrons. The largest absolute Gasteiger partial charge is 0.396 e. The first kappa shape index (κ1) is 19.1. The second-order valence-electron chi connectivity index (χ2n) is 10.0. The molecule has 6 nitrogen and oxygen atoms in total. The Morgan fingerprint density at radius 1 is 0.846 bits per heavy atom. The van der Waals surface area contributed by atoms with E-state index in [4.69, 9.17) is 0 Å². The minimum absolute atomic E-state index is 0.0176. The van der Waals surface area contributed by atoms with Crippen molar-refractivity contribution in [1.82, 2.24) is 0 Å². The maximum atomic E-state index is 11.1. The van der Waals surface area contributed by atoms with E-state index in [0.29, 0.717) is 19.3 Å². The molecular formula is C20H34O6. The Hall–Kier alpha value is -0.240. The molecule has 0 aromatic rings. The van der Waals surface area contributed by atoms with Gasteiger partial charge in [-0.05, 0) is 68.1 Å². The van der Waals surface area contributed by atoms with Gasteiger partial charge in [0.25, 0.3) is 0 Å². The zero-order chi connectivity index (χ0) is 19.0. The summed E-state index contributed by atoms with van der Waals surface area (Å²) in [5.41, 5.74) is -2.94. The Bertz CT molecular complexity index is 565. The minimum Gasteiger partial charge on any atom is -0.396 e. The fourth-order valence-corrected chi connectivity index (χ4v) is 8.15. The van der Waals surface area contributed by atoms with Gasteiger partial charge >= 0.3 is 0 Å². The van der Waals surface area contributed by atoms with E-state index in [-0.39, 0.29) is 36.4 Å².